The minimum Gasteiger partial charge on any atom is -0.482 e. The number of carbonyl (C=O) groups excluding carboxylic acids is 1. The van der Waals surface area contributed by atoms with Crippen LogP contribution in [-0.2, 0) is 6.61 Å². The molecule has 0 spiro atoms. The highest BCUT2D eigenvalue weighted by molar-refractivity contribution is 6.37. The Labute approximate surface area is 149 Å². The number of amides is 1. The zero-order valence-electron chi connectivity index (χ0n) is 13.1. The fourth-order valence-electron chi connectivity index (χ4n) is 2.52. The van der Waals surface area contributed by atoms with Crippen molar-refractivity contribution in [1.82, 2.24) is 15.4 Å². The molecule has 6 nitrogen and oxygen atoms in total. The molecule has 1 aromatic heterocycles. The van der Waals surface area contributed by atoms with Crippen molar-refractivity contribution in [3.05, 3.63) is 45.8 Å². The number of nitrogens with one attached hydrogen (secondary N) is 1. The van der Waals surface area contributed by atoms with Gasteiger partial charge in [-0.05, 0) is 19.1 Å². The Hall–Kier alpha value is -1.76. The minimum atomic E-state index is -0.144. The number of hydrogen-bond donors (Lipinski definition) is 1. The Bertz CT molecular complexity index is 715. The quantitative estimate of drug-likeness (QED) is 0.896. The third kappa shape index (κ3) is 3.83. The van der Waals surface area contributed by atoms with Crippen molar-refractivity contribution >= 4 is 29.1 Å². The van der Waals surface area contributed by atoms with Crippen LogP contribution >= 0.6 is 23.2 Å². The van der Waals surface area contributed by atoms with Crippen LogP contribution in [0.4, 0.5) is 0 Å². The molecule has 8 heteroatoms. The number of benzene rings is 1. The Morgan fingerprint density at radius 3 is 2.92 bits per heavy atom. The zero-order chi connectivity index (χ0) is 17.1. The van der Waals surface area contributed by atoms with E-state index in [4.69, 9.17) is 32.5 Å². The number of ether oxygens (including phenoxy) is 1. The molecular formula is C16H17Cl2N3O3. The first-order chi connectivity index (χ1) is 11.5. The smallest absolute Gasteiger partial charge is 0.276 e. The van der Waals surface area contributed by atoms with Crippen LogP contribution in [0.3, 0.4) is 0 Å². The van der Waals surface area contributed by atoms with Gasteiger partial charge in [0, 0.05) is 31.7 Å². The first-order valence-corrected chi connectivity index (χ1v) is 8.35. The summed E-state index contributed by atoms with van der Waals surface area (Å²) in [6.45, 7) is 4.19. The summed E-state index contributed by atoms with van der Waals surface area (Å²) < 4.78 is 10.8. The molecule has 0 saturated carbocycles. The van der Waals surface area contributed by atoms with Crippen LogP contribution in [0.1, 0.15) is 23.2 Å². The van der Waals surface area contributed by atoms with Gasteiger partial charge in [-0.2, -0.15) is 0 Å². The van der Waals surface area contributed by atoms with Crippen LogP contribution in [0.15, 0.2) is 28.8 Å². The van der Waals surface area contributed by atoms with Crippen LogP contribution in [0.2, 0.25) is 10.0 Å². The summed E-state index contributed by atoms with van der Waals surface area (Å²) in [5.41, 5.74) is 0.271. The van der Waals surface area contributed by atoms with Gasteiger partial charge in [0.15, 0.2) is 17.2 Å². The van der Waals surface area contributed by atoms with Gasteiger partial charge in [0.1, 0.15) is 6.61 Å². The van der Waals surface area contributed by atoms with E-state index < -0.39 is 0 Å². The second kappa shape index (κ2) is 7.42. The maximum Gasteiger partial charge on any atom is 0.276 e. The van der Waals surface area contributed by atoms with Gasteiger partial charge >= 0.3 is 0 Å². The number of halogens is 2. The Morgan fingerprint density at radius 2 is 2.21 bits per heavy atom. The highest BCUT2D eigenvalue weighted by atomic mass is 35.5. The zero-order valence-corrected chi connectivity index (χ0v) is 14.6. The molecule has 0 aliphatic carbocycles. The number of rotatable bonds is 4. The Balaban J connectivity index is 1.64. The molecule has 1 aliphatic rings. The maximum absolute atomic E-state index is 12.4. The van der Waals surface area contributed by atoms with Crippen molar-refractivity contribution in [2.45, 2.75) is 19.6 Å². The van der Waals surface area contributed by atoms with E-state index in [2.05, 4.69) is 10.5 Å². The van der Waals surface area contributed by atoms with Gasteiger partial charge in [-0.3, -0.25) is 4.79 Å². The average molecular weight is 370 g/mol. The Kier molecular flexibility index (Phi) is 5.28. The summed E-state index contributed by atoms with van der Waals surface area (Å²) in [6.07, 6.45) is 0. The van der Waals surface area contributed by atoms with Crippen molar-refractivity contribution in [1.29, 1.82) is 0 Å². The van der Waals surface area contributed by atoms with Crippen molar-refractivity contribution in [2.24, 2.45) is 0 Å². The lowest BCUT2D eigenvalue weighted by Gasteiger charge is -2.31. The van der Waals surface area contributed by atoms with E-state index in [1.54, 1.807) is 29.2 Å². The molecule has 1 amide bonds. The summed E-state index contributed by atoms with van der Waals surface area (Å²) in [5, 5.41) is 7.95. The van der Waals surface area contributed by atoms with Gasteiger partial charge in [-0.15, -0.1) is 0 Å². The summed E-state index contributed by atoms with van der Waals surface area (Å²) >= 11 is 12.1. The van der Waals surface area contributed by atoms with Crippen molar-refractivity contribution < 1.29 is 14.1 Å². The molecule has 1 aromatic carbocycles. The minimum absolute atomic E-state index is 0.0850. The summed E-state index contributed by atoms with van der Waals surface area (Å²) in [7, 11) is 0. The maximum atomic E-state index is 12.4. The van der Waals surface area contributed by atoms with E-state index in [-0.39, 0.29) is 24.2 Å². The lowest BCUT2D eigenvalue weighted by molar-refractivity contribution is 0.0698. The van der Waals surface area contributed by atoms with E-state index in [0.29, 0.717) is 34.6 Å². The third-order valence-electron chi connectivity index (χ3n) is 3.71. The van der Waals surface area contributed by atoms with Gasteiger partial charge in [0.25, 0.3) is 5.91 Å². The molecule has 1 unspecified atom stereocenters. The monoisotopic (exact) mass is 369 g/mol. The van der Waals surface area contributed by atoms with Crippen molar-refractivity contribution in [3.63, 3.8) is 0 Å². The molecule has 2 heterocycles. The van der Waals surface area contributed by atoms with Gasteiger partial charge < -0.3 is 19.5 Å². The summed E-state index contributed by atoms with van der Waals surface area (Å²) in [4.78, 5) is 14.2. The number of hydrogen-bond acceptors (Lipinski definition) is 5. The van der Waals surface area contributed by atoms with E-state index in [0.717, 1.165) is 6.54 Å². The predicted molar refractivity (Wildman–Crippen MR) is 90.7 cm³/mol. The number of para-hydroxylation sites is 1. The molecule has 0 radical (unpaired) electrons. The van der Waals surface area contributed by atoms with Crippen molar-refractivity contribution in [2.75, 3.05) is 19.6 Å². The predicted octanol–water partition coefficient (Wildman–Crippen LogP) is 2.99. The van der Waals surface area contributed by atoms with Crippen LogP contribution in [0.5, 0.6) is 5.75 Å². The molecule has 1 fully saturated rings. The van der Waals surface area contributed by atoms with Crippen LogP contribution in [0, 0.1) is 0 Å². The second-order valence-corrected chi connectivity index (χ2v) is 6.44. The molecule has 0 bridgehead atoms. The Morgan fingerprint density at radius 1 is 1.46 bits per heavy atom. The lowest BCUT2D eigenvalue weighted by atomic mass is 10.2. The molecule has 2 aromatic rings. The van der Waals surface area contributed by atoms with Crippen LogP contribution in [-0.4, -0.2) is 41.6 Å². The lowest BCUT2D eigenvalue weighted by Crippen LogP contribution is -2.51. The highest BCUT2D eigenvalue weighted by Crippen LogP contribution is 2.32. The number of carbonyl (C=O) groups is 1. The fourth-order valence-corrected chi connectivity index (χ4v) is 3.03. The average Bonchev–Trinajstić information content (AvgIpc) is 3.02. The highest BCUT2D eigenvalue weighted by Gasteiger charge is 2.24. The molecular weight excluding hydrogens is 353 g/mol. The number of aromatic nitrogens is 1. The molecule has 24 heavy (non-hydrogen) atoms. The van der Waals surface area contributed by atoms with Crippen molar-refractivity contribution in [3.8, 4) is 5.75 Å². The number of nitrogens with zero attached hydrogens (tertiary/aromatic N) is 2. The number of piperazine rings is 1. The third-order valence-corrected chi connectivity index (χ3v) is 4.31. The van der Waals surface area contributed by atoms with Gasteiger partial charge in [0.2, 0.25) is 0 Å². The topological polar surface area (TPSA) is 67.6 Å². The molecule has 1 aliphatic heterocycles. The standard InChI is InChI=1S/C16H17Cl2N3O3/c1-10-8-21(6-5-19-10)16(22)14-7-11(24-20-14)9-23-15-12(17)3-2-4-13(15)18/h2-4,7,10,19H,5-6,8-9H2,1H3. The molecule has 1 atom stereocenters. The van der Waals surface area contributed by atoms with E-state index >= 15 is 0 Å². The molecule has 3 rings (SSSR count). The molecule has 128 valence electrons. The molecule has 1 saturated heterocycles. The summed E-state index contributed by atoms with van der Waals surface area (Å²) in [5.74, 6) is 0.660. The largest absolute Gasteiger partial charge is 0.482 e. The van der Waals surface area contributed by atoms with E-state index in [9.17, 15) is 4.79 Å². The molecule has 1 N–H and O–H groups in total. The SMILES string of the molecule is CC1CN(C(=O)c2cc(COc3c(Cl)cccc3Cl)on2)CCN1. The van der Waals surface area contributed by atoms with E-state index in [1.165, 1.54) is 0 Å². The second-order valence-electron chi connectivity index (χ2n) is 5.62. The van der Waals surface area contributed by atoms with Gasteiger partial charge in [-0.25, -0.2) is 0 Å². The van der Waals surface area contributed by atoms with Crippen LogP contribution < -0.4 is 10.1 Å². The summed E-state index contributed by atoms with van der Waals surface area (Å²) in [6, 6.07) is 6.95. The fraction of sp³-hybridized carbons (Fsp3) is 0.375. The van der Waals surface area contributed by atoms with Gasteiger partial charge in [-0.1, -0.05) is 34.4 Å². The van der Waals surface area contributed by atoms with Crippen LogP contribution in [0.25, 0.3) is 0 Å². The normalized spacial score (nSPS) is 17.8. The first kappa shape index (κ1) is 17.1. The van der Waals surface area contributed by atoms with E-state index in [1.807, 2.05) is 6.92 Å². The first-order valence-electron chi connectivity index (χ1n) is 7.59. The van der Waals surface area contributed by atoms with Gasteiger partial charge in [0.05, 0.1) is 10.0 Å².